The average molecular weight is 346 g/mol. The van der Waals surface area contributed by atoms with Crippen LogP contribution in [0, 0.1) is 11.3 Å². The van der Waals surface area contributed by atoms with Gasteiger partial charge in [0.15, 0.2) is 9.84 Å². The first-order valence-electron chi connectivity index (χ1n) is 7.79. The molecule has 1 saturated heterocycles. The number of hydrogen-bond donors (Lipinski definition) is 1. The third-order valence-electron chi connectivity index (χ3n) is 4.16. The van der Waals surface area contributed by atoms with E-state index in [0.29, 0.717) is 6.42 Å². The van der Waals surface area contributed by atoms with Crippen LogP contribution in [0.25, 0.3) is 6.08 Å². The molecule has 0 spiro atoms. The number of rotatable bonds is 3. The number of nitrogens with one attached hydrogen (secondary N) is 1. The van der Waals surface area contributed by atoms with Crippen LogP contribution in [-0.4, -0.2) is 38.0 Å². The van der Waals surface area contributed by atoms with Crippen LogP contribution in [0.2, 0.25) is 0 Å². The summed E-state index contributed by atoms with van der Waals surface area (Å²) < 4.78 is 28.5. The lowest BCUT2D eigenvalue weighted by Crippen LogP contribution is -2.36. The van der Waals surface area contributed by atoms with Gasteiger partial charge in [-0.05, 0) is 42.7 Å². The molecule has 2 atom stereocenters. The predicted molar refractivity (Wildman–Crippen MR) is 89.0 cm³/mol. The van der Waals surface area contributed by atoms with Crippen molar-refractivity contribution in [1.82, 2.24) is 5.32 Å². The van der Waals surface area contributed by atoms with Crippen molar-refractivity contribution in [2.75, 3.05) is 11.5 Å². The number of nitriles is 1. The van der Waals surface area contributed by atoms with Gasteiger partial charge in [0.2, 0.25) is 0 Å². The molecule has 2 aliphatic heterocycles. The molecule has 24 heavy (non-hydrogen) atoms. The SMILES string of the molecule is C[C@@H]1Cc2cc(/C=C(/C#N)C(=O)N[C@@H]3CCS(=O)(=O)C3)ccc2O1. The van der Waals surface area contributed by atoms with E-state index in [2.05, 4.69) is 5.32 Å². The summed E-state index contributed by atoms with van der Waals surface area (Å²) in [7, 11) is -3.08. The summed E-state index contributed by atoms with van der Waals surface area (Å²) in [5, 5.41) is 11.9. The molecule has 1 amide bonds. The fourth-order valence-electron chi connectivity index (χ4n) is 3.02. The van der Waals surface area contributed by atoms with Gasteiger partial charge < -0.3 is 10.1 Å². The summed E-state index contributed by atoms with van der Waals surface area (Å²) in [6.45, 7) is 1.99. The molecule has 0 aliphatic carbocycles. The zero-order valence-corrected chi connectivity index (χ0v) is 14.1. The summed E-state index contributed by atoms with van der Waals surface area (Å²) in [5.74, 6) is 0.307. The lowest BCUT2D eigenvalue weighted by molar-refractivity contribution is -0.117. The smallest absolute Gasteiger partial charge is 0.262 e. The standard InChI is InChI=1S/C17H18N2O4S/c1-11-6-13-7-12(2-3-16(13)23-11)8-14(9-18)17(20)19-15-4-5-24(21,22)10-15/h2-3,7-8,11,15H,4-6,10H2,1H3,(H,19,20)/b14-8-/t11-,15-/m1/s1. The molecule has 6 nitrogen and oxygen atoms in total. The number of fused-ring (bicyclic) bond motifs is 1. The molecule has 1 aromatic rings. The van der Waals surface area contributed by atoms with Crippen molar-refractivity contribution in [3.63, 3.8) is 0 Å². The minimum absolute atomic E-state index is 0.0359. The van der Waals surface area contributed by atoms with Crippen LogP contribution in [0.5, 0.6) is 5.75 Å². The maximum absolute atomic E-state index is 12.2. The van der Waals surface area contributed by atoms with Crippen LogP contribution in [-0.2, 0) is 21.1 Å². The Hall–Kier alpha value is -2.33. The minimum atomic E-state index is -3.08. The Bertz CT molecular complexity index is 852. The van der Waals surface area contributed by atoms with Gasteiger partial charge in [-0.2, -0.15) is 5.26 Å². The normalized spacial score (nSPS) is 24.8. The molecular weight excluding hydrogens is 328 g/mol. The number of carbonyl (C=O) groups excluding carboxylic acids is 1. The molecule has 0 unspecified atom stereocenters. The van der Waals surface area contributed by atoms with Crippen molar-refractivity contribution in [2.45, 2.75) is 31.9 Å². The third kappa shape index (κ3) is 3.60. The highest BCUT2D eigenvalue weighted by molar-refractivity contribution is 7.91. The molecule has 2 aliphatic rings. The quantitative estimate of drug-likeness (QED) is 0.656. The minimum Gasteiger partial charge on any atom is -0.490 e. The lowest BCUT2D eigenvalue weighted by atomic mass is 10.0. The van der Waals surface area contributed by atoms with Crippen LogP contribution >= 0.6 is 0 Å². The Balaban J connectivity index is 1.74. The molecule has 1 aromatic carbocycles. The number of nitrogens with zero attached hydrogens (tertiary/aromatic N) is 1. The Morgan fingerprint density at radius 3 is 2.92 bits per heavy atom. The summed E-state index contributed by atoms with van der Waals surface area (Å²) in [6.07, 6.45) is 2.83. The second kappa shape index (κ2) is 6.29. The van der Waals surface area contributed by atoms with E-state index in [1.165, 1.54) is 6.08 Å². The Kier molecular flexibility index (Phi) is 4.33. The van der Waals surface area contributed by atoms with Gasteiger partial charge in [-0.15, -0.1) is 0 Å². The highest BCUT2D eigenvalue weighted by atomic mass is 32.2. The first kappa shape index (κ1) is 16.5. The van der Waals surface area contributed by atoms with Gasteiger partial charge >= 0.3 is 0 Å². The third-order valence-corrected chi connectivity index (χ3v) is 5.93. The van der Waals surface area contributed by atoms with Crippen LogP contribution < -0.4 is 10.1 Å². The van der Waals surface area contributed by atoms with Crippen molar-refractivity contribution < 1.29 is 17.9 Å². The second-order valence-corrected chi connectivity index (χ2v) is 8.47. The molecule has 1 fully saturated rings. The van der Waals surface area contributed by atoms with Gasteiger partial charge in [-0.25, -0.2) is 8.42 Å². The van der Waals surface area contributed by atoms with E-state index in [4.69, 9.17) is 4.74 Å². The van der Waals surface area contributed by atoms with Crippen molar-refractivity contribution in [1.29, 1.82) is 5.26 Å². The molecule has 0 radical (unpaired) electrons. The Morgan fingerprint density at radius 1 is 1.46 bits per heavy atom. The molecule has 1 N–H and O–H groups in total. The van der Waals surface area contributed by atoms with E-state index in [0.717, 1.165) is 23.3 Å². The number of ether oxygens (including phenoxy) is 1. The first-order valence-corrected chi connectivity index (χ1v) is 9.61. The zero-order chi connectivity index (χ0) is 17.3. The van der Waals surface area contributed by atoms with Crippen LogP contribution in [0.3, 0.4) is 0 Å². The predicted octanol–water partition coefficient (Wildman–Crippen LogP) is 1.22. The number of benzene rings is 1. The molecular formula is C17H18N2O4S. The van der Waals surface area contributed by atoms with Crippen LogP contribution in [0.4, 0.5) is 0 Å². The fourth-order valence-corrected chi connectivity index (χ4v) is 4.69. The van der Waals surface area contributed by atoms with Gasteiger partial charge in [-0.1, -0.05) is 6.07 Å². The van der Waals surface area contributed by atoms with Gasteiger partial charge in [-0.3, -0.25) is 4.79 Å². The summed E-state index contributed by atoms with van der Waals surface area (Å²) >= 11 is 0. The Labute approximate surface area is 141 Å². The van der Waals surface area contributed by atoms with Gasteiger partial charge in [0.25, 0.3) is 5.91 Å². The van der Waals surface area contributed by atoms with E-state index in [1.807, 2.05) is 25.1 Å². The molecule has 7 heteroatoms. The van der Waals surface area contributed by atoms with Gasteiger partial charge in [0, 0.05) is 12.5 Å². The lowest BCUT2D eigenvalue weighted by Gasteiger charge is -2.10. The number of sulfone groups is 1. The molecule has 0 saturated carbocycles. The van der Waals surface area contributed by atoms with Gasteiger partial charge in [0.1, 0.15) is 23.5 Å². The second-order valence-electron chi connectivity index (χ2n) is 6.24. The van der Waals surface area contributed by atoms with Crippen LogP contribution in [0.15, 0.2) is 23.8 Å². The Morgan fingerprint density at radius 2 is 2.25 bits per heavy atom. The zero-order valence-electron chi connectivity index (χ0n) is 13.3. The van der Waals surface area contributed by atoms with E-state index < -0.39 is 21.8 Å². The van der Waals surface area contributed by atoms with E-state index in [-0.39, 0.29) is 23.2 Å². The summed E-state index contributed by atoms with van der Waals surface area (Å²) in [5.41, 5.74) is 1.76. The molecule has 126 valence electrons. The molecule has 0 aromatic heterocycles. The van der Waals surface area contributed by atoms with Crippen molar-refractivity contribution >= 4 is 21.8 Å². The van der Waals surface area contributed by atoms with Gasteiger partial charge in [0.05, 0.1) is 11.5 Å². The fraction of sp³-hybridized carbons (Fsp3) is 0.412. The molecule has 0 bridgehead atoms. The summed E-state index contributed by atoms with van der Waals surface area (Å²) in [4.78, 5) is 12.2. The number of hydrogen-bond acceptors (Lipinski definition) is 5. The highest BCUT2D eigenvalue weighted by Gasteiger charge is 2.29. The number of amides is 1. The monoisotopic (exact) mass is 346 g/mol. The van der Waals surface area contributed by atoms with E-state index in [1.54, 1.807) is 6.07 Å². The largest absolute Gasteiger partial charge is 0.490 e. The van der Waals surface area contributed by atoms with E-state index >= 15 is 0 Å². The summed E-state index contributed by atoms with van der Waals surface area (Å²) in [6, 6.07) is 7.00. The van der Waals surface area contributed by atoms with E-state index in [9.17, 15) is 18.5 Å². The van der Waals surface area contributed by atoms with Crippen LogP contribution in [0.1, 0.15) is 24.5 Å². The highest BCUT2D eigenvalue weighted by Crippen LogP contribution is 2.30. The average Bonchev–Trinajstić information content (AvgIpc) is 3.05. The van der Waals surface area contributed by atoms with Crippen molar-refractivity contribution in [2.24, 2.45) is 0 Å². The first-order chi connectivity index (χ1) is 11.4. The molecule has 2 heterocycles. The van der Waals surface area contributed by atoms with Crippen molar-refractivity contribution in [3.05, 3.63) is 34.9 Å². The van der Waals surface area contributed by atoms with Crippen molar-refractivity contribution in [3.8, 4) is 11.8 Å². The maximum Gasteiger partial charge on any atom is 0.262 e. The number of carbonyl (C=O) groups is 1. The maximum atomic E-state index is 12.2. The molecule has 3 rings (SSSR count). The topological polar surface area (TPSA) is 96.3 Å².